The van der Waals surface area contributed by atoms with Crippen LogP contribution in [-0.4, -0.2) is 25.2 Å². The second kappa shape index (κ2) is 5.99. The van der Waals surface area contributed by atoms with Crippen LogP contribution in [0.2, 0.25) is 0 Å². The largest absolute Gasteiger partial charge is 0.310 e. The molecule has 0 spiro atoms. The van der Waals surface area contributed by atoms with E-state index < -0.39 is 0 Å². The van der Waals surface area contributed by atoms with Crippen LogP contribution in [0.3, 0.4) is 0 Å². The van der Waals surface area contributed by atoms with E-state index in [9.17, 15) is 0 Å². The van der Waals surface area contributed by atoms with Gasteiger partial charge in [-0.3, -0.25) is 0 Å². The first-order valence-electron chi connectivity index (χ1n) is 8.19. The number of alkyl halides is 1. The van der Waals surface area contributed by atoms with Crippen LogP contribution in [0.5, 0.6) is 0 Å². The molecule has 1 atom stereocenters. The minimum absolute atomic E-state index is 0.530. The highest BCUT2D eigenvalue weighted by Gasteiger charge is 2.29. The van der Waals surface area contributed by atoms with Crippen molar-refractivity contribution < 1.29 is 0 Å². The highest BCUT2D eigenvalue weighted by atomic mass is 35.5. The molecule has 1 unspecified atom stereocenters. The lowest BCUT2D eigenvalue weighted by molar-refractivity contribution is 0.419. The minimum atomic E-state index is 0.530. The fraction of sp³-hybridized carbons (Fsp3) is 0.750. The monoisotopic (exact) mass is 308 g/mol. The molecule has 1 aliphatic rings. The molecule has 0 saturated heterocycles. The lowest BCUT2D eigenvalue weighted by atomic mass is 10.1. The van der Waals surface area contributed by atoms with Gasteiger partial charge in [-0.2, -0.15) is 5.10 Å². The van der Waals surface area contributed by atoms with E-state index in [1.807, 2.05) is 0 Å². The molecule has 3 rings (SSSR count). The Labute approximate surface area is 131 Å². The molecule has 4 nitrogen and oxygen atoms in total. The van der Waals surface area contributed by atoms with E-state index in [1.54, 1.807) is 0 Å². The Bertz CT molecular complexity index is 624. The summed E-state index contributed by atoms with van der Waals surface area (Å²) in [4.78, 5) is 4.86. The summed E-state index contributed by atoms with van der Waals surface area (Å²) in [5, 5.41) is 4.64. The first-order chi connectivity index (χ1) is 10.2. The van der Waals surface area contributed by atoms with Gasteiger partial charge in [0.1, 0.15) is 11.3 Å². The van der Waals surface area contributed by atoms with Gasteiger partial charge >= 0.3 is 0 Å². The molecule has 116 valence electrons. The van der Waals surface area contributed by atoms with Gasteiger partial charge in [0.15, 0.2) is 5.65 Å². The van der Waals surface area contributed by atoms with Crippen LogP contribution in [0.25, 0.3) is 11.2 Å². The Kier molecular flexibility index (Phi) is 4.25. The number of imidazole rings is 1. The van der Waals surface area contributed by atoms with E-state index in [2.05, 4.69) is 35.1 Å². The fourth-order valence-electron chi connectivity index (χ4n) is 3.29. The standard InChI is InChI=1S/C16H25ClN4/c1-4-13(10-12-6-7-12)21-14(8-9-17)18-15-11(3)19-20(5-2)16(15)21/h12-13H,4-10H2,1-3H3. The van der Waals surface area contributed by atoms with Crippen LogP contribution in [0.15, 0.2) is 0 Å². The van der Waals surface area contributed by atoms with Crippen molar-refractivity contribution >= 4 is 22.8 Å². The normalized spacial score (nSPS) is 16.8. The molecule has 5 heteroatoms. The lowest BCUT2D eigenvalue weighted by Crippen LogP contribution is -2.16. The highest BCUT2D eigenvalue weighted by molar-refractivity contribution is 6.17. The van der Waals surface area contributed by atoms with E-state index >= 15 is 0 Å². The number of hydrogen-bond donors (Lipinski definition) is 0. The predicted octanol–water partition coefficient (Wildman–Crippen LogP) is 4.09. The van der Waals surface area contributed by atoms with Gasteiger partial charge in [0.05, 0.1) is 5.69 Å². The number of fused-ring (bicyclic) bond motifs is 1. The SMILES string of the molecule is CCC(CC1CC1)n1c(CCCl)nc2c(C)nn(CC)c21. The zero-order valence-electron chi connectivity index (χ0n) is 13.3. The maximum atomic E-state index is 6.01. The molecule has 0 N–H and O–H groups in total. The Balaban J connectivity index is 2.12. The van der Waals surface area contributed by atoms with E-state index in [4.69, 9.17) is 16.6 Å². The molecule has 0 aliphatic heterocycles. The smallest absolute Gasteiger partial charge is 0.159 e. The number of aromatic nitrogens is 4. The first kappa shape index (κ1) is 14.9. The average molecular weight is 309 g/mol. The zero-order chi connectivity index (χ0) is 15.0. The average Bonchev–Trinajstić information content (AvgIpc) is 3.15. The molecule has 1 fully saturated rings. The maximum absolute atomic E-state index is 6.01. The second-order valence-corrected chi connectivity index (χ2v) is 6.53. The number of aryl methyl sites for hydroxylation is 3. The van der Waals surface area contributed by atoms with E-state index in [-0.39, 0.29) is 0 Å². The lowest BCUT2D eigenvalue weighted by Gasteiger charge is -2.20. The molecular weight excluding hydrogens is 284 g/mol. The first-order valence-corrected chi connectivity index (χ1v) is 8.73. The Hall–Kier alpha value is -1.03. The summed E-state index contributed by atoms with van der Waals surface area (Å²) in [5.74, 6) is 2.67. The molecule has 21 heavy (non-hydrogen) atoms. The van der Waals surface area contributed by atoms with Gasteiger partial charge in [-0.05, 0) is 32.6 Å². The van der Waals surface area contributed by atoms with Crippen molar-refractivity contribution in [3.8, 4) is 0 Å². The van der Waals surface area contributed by atoms with Gasteiger partial charge in [0.2, 0.25) is 0 Å². The molecule has 0 radical (unpaired) electrons. The third kappa shape index (κ3) is 2.70. The zero-order valence-corrected chi connectivity index (χ0v) is 14.0. The summed E-state index contributed by atoms with van der Waals surface area (Å²) < 4.78 is 4.55. The van der Waals surface area contributed by atoms with Crippen molar-refractivity contribution in [2.75, 3.05) is 5.88 Å². The molecular formula is C16H25ClN4. The van der Waals surface area contributed by atoms with E-state index in [1.165, 1.54) is 24.9 Å². The molecule has 2 aromatic rings. The molecule has 1 aliphatic carbocycles. The van der Waals surface area contributed by atoms with Crippen LogP contribution in [-0.2, 0) is 13.0 Å². The number of halogens is 1. The summed E-state index contributed by atoms with van der Waals surface area (Å²) in [6.07, 6.45) is 6.04. The van der Waals surface area contributed by atoms with Crippen molar-refractivity contribution in [1.29, 1.82) is 0 Å². The summed E-state index contributed by atoms with van der Waals surface area (Å²) in [7, 11) is 0. The van der Waals surface area contributed by atoms with Crippen molar-refractivity contribution in [2.45, 2.75) is 65.5 Å². The fourth-order valence-corrected chi connectivity index (χ4v) is 3.46. The third-order valence-electron chi connectivity index (χ3n) is 4.57. The summed E-state index contributed by atoms with van der Waals surface area (Å²) in [6.45, 7) is 7.36. The maximum Gasteiger partial charge on any atom is 0.159 e. The predicted molar refractivity (Wildman–Crippen MR) is 87.0 cm³/mol. The third-order valence-corrected chi connectivity index (χ3v) is 4.76. The molecule has 1 saturated carbocycles. The van der Waals surface area contributed by atoms with Gasteiger partial charge in [-0.15, -0.1) is 11.6 Å². The summed E-state index contributed by atoms with van der Waals surface area (Å²) in [5.41, 5.74) is 3.29. The molecule has 0 bridgehead atoms. The highest BCUT2D eigenvalue weighted by Crippen LogP contribution is 2.39. The van der Waals surface area contributed by atoms with Gasteiger partial charge in [-0.25, -0.2) is 9.67 Å². The molecule has 0 amide bonds. The topological polar surface area (TPSA) is 35.6 Å². The number of rotatable bonds is 7. The quantitative estimate of drug-likeness (QED) is 0.722. The van der Waals surface area contributed by atoms with Crippen molar-refractivity contribution in [3.05, 3.63) is 11.5 Å². The van der Waals surface area contributed by atoms with Crippen LogP contribution in [0, 0.1) is 12.8 Å². The molecule has 0 aromatic carbocycles. The van der Waals surface area contributed by atoms with Crippen molar-refractivity contribution in [2.24, 2.45) is 5.92 Å². The van der Waals surface area contributed by atoms with Gasteiger partial charge < -0.3 is 4.57 Å². The Morgan fingerprint density at radius 1 is 1.33 bits per heavy atom. The summed E-state index contributed by atoms with van der Waals surface area (Å²) >= 11 is 6.01. The van der Waals surface area contributed by atoms with Crippen LogP contribution in [0.4, 0.5) is 0 Å². The van der Waals surface area contributed by atoms with E-state index in [0.29, 0.717) is 11.9 Å². The van der Waals surface area contributed by atoms with Crippen LogP contribution >= 0.6 is 11.6 Å². The number of nitrogens with zero attached hydrogens (tertiary/aromatic N) is 4. The van der Waals surface area contributed by atoms with Crippen LogP contribution < -0.4 is 0 Å². The molecule has 2 heterocycles. The van der Waals surface area contributed by atoms with E-state index in [0.717, 1.165) is 42.3 Å². The van der Waals surface area contributed by atoms with Crippen LogP contribution in [0.1, 0.15) is 57.1 Å². The molecule has 2 aromatic heterocycles. The number of hydrogen-bond acceptors (Lipinski definition) is 2. The van der Waals surface area contributed by atoms with Gasteiger partial charge in [-0.1, -0.05) is 19.8 Å². The van der Waals surface area contributed by atoms with Gasteiger partial charge in [0.25, 0.3) is 0 Å². The minimum Gasteiger partial charge on any atom is -0.310 e. The Morgan fingerprint density at radius 3 is 2.67 bits per heavy atom. The van der Waals surface area contributed by atoms with Crippen molar-refractivity contribution in [1.82, 2.24) is 19.3 Å². The Morgan fingerprint density at radius 2 is 2.10 bits per heavy atom. The second-order valence-electron chi connectivity index (χ2n) is 6.15. The van der Waals surface area contributed by atoms with Crippen molar-refractivity contribution in [3.63, 3.8) is 0 Å². The van der Waals surface area contributed by atoms with Gasteiger partial charge in [0, 0.05) is 24.9 Å². The summed E-state index contributed by atoms with van der Waals surface area (Å²) in [6, 6.07) is 0.530.